The lowest BCUT2D eigenvalue weighted by Gasteiger charge is -2.02. The van der Waals surface area contributed by atoms with Crippen molar-refractivity contribution >= 4 is 18.4 Å². The fourth-order valence-electron chi connectivity index (χ4n) is 0.959. The summed E-state index contributed by atoms with van der Waals surface area (Å²) in [7, 11) is 1.34. The van der Waals surface area contributed by atoms with Crippen molar-refractivity contribution in [1.29, 1.82) is 0 Å². The molecule has 0 saturated carbocycles. The van der Waals surface area contributed by atoms with E-state index in [2.05, 4.69) is 4.74 Å². The van der Waals surface area contributed by atoms with Crippen molar-refractivity contribution < 1.29 is 9.53 Å². The van der Waals surface area contributed by atoms with Crippen molar-refractivity contribution in [2.24, 2.45) is 11.3 Å². The Bertz CT molecular complexity index is 298. The zero-order valence-corrected chi connectivity index (χ0v) is 7.36. The maximum atomic E-state index is 11.0. The molecule has 0 aliphatic carbocycles. The van der Waals surface area contributed by atoms with Gasteiger partial charge in [0, 0.05) is 0 Å². The van der Waals surface area contributed by atoms with Crippen LogP contribution in [0.1, 0.15) is 10.4 Å². The number of carbonyl (C=O) groups is 1. The predicted molar refractivity (Wildman–Crippen MR) is 51.5 cm³/mol. The molecule has 0 heterocycles. The average Bonchev–Trinajstić information content (AvgIpc) is 2.17. The lowest BCUT2D eigenvalue weighted by atomic mass is 9.72. The lowest BCUT2D eigenvalue weighted by molar-refractivity contribution is 0.0601. The van der Waals surface area contributed by atoms with Gasteiger partial charge in [0.1, 0.15) is 0 Å². The van der Waals surface area contributed by atoms with Crippen molar-refractivity contribution in [3.8, 4) is 0 Å². The maximum Gasteiger partial charge on any atom is 0.337 e. The summed E-state index contributed by atoms with van der Waals surface area (Å²) in [5, 5.41) is 0. The van der Waals surface area contributed by atoms with Crippen LogP contribution in [0, 0.1) is 0 Å². The number of nitrogens with two attached hydrogens (primary N) is 2. The van der Waals surface area contributed by atoms with Gasteiger partial charge in [-0.15, -0.1) is 0 Å². The molecule has 0 spiro atoms. The third-order valence-electron chi connectivity index (χ3n) is 1.72. The van der Waals surface area contributed by atoms with Gasteiger partial charge < -0.3 is 16.0 Å². The Morgan fingerprint density at radius 1 is 1.31 bits per heavy atom. The molecule has 0 radical (unpaired) electrons. The Morgan fingerprint density at radius 2 is 1.85 bits per heavy atom. The smallest absolute Gasteiger partial charge is 0.337 e. The third-order valence-corrected chi connectivity index (χ3v) is 1.72. The van der Waals surface area contributed by atoms with Gasteiger partial charge in [-0.3, -0.25) is 0 Å². The van der Waals surface area contributed by atoms with Crippen LogP contribution >= 0.6 is 0 Å². The second-order valence-electron chi connectivity index (χ2n) is 2.64. The van der Waals surface area contributed by atoms with Crippen molar-refractivity contribution in [3.63, 3.8) is 0 Å². The second kappa shape index (κ2) is 4.07. The van der Waals surface area contributed by atoms with Gasteiger partial charge in [-0.25, -0.2) is 4.79 Å². The van der Waals surface area contributed by atoms with Gasteiger partial charge >= 0.3 is 13.0 Å². The van der Waals surface area contributed by atoms with Crippen LogP contribution in [0.2, 0.25) is 0 Å². The van der Waals surface area contributed by atoms with Crippen LogP contribution in [-0.4, -0.2) is 20.1 Å². The molecular formula is C8H11BN2O2. The molecule has 1 rings (SSSR count). The highest BCUT2D eigenvalue weighted by atomic mass is 16.5. The molecule has 5 heteroatoms. The van der Waals surface area contributed by atoms with Gasteiger partial charge in [-0.2, -0.15) is 0 Å². The molecule has 1 aromatic carbocycles. The number of hydrogen-bond acceptors (Lipinski definition) is 4. The number of rotatable bonds is 2. The van der Waals surface area contributed by atoms with Gasteiger partial charge in [0.15, 0.2) is 0 Å². The zero-order chi connectivity index (χ0) is 9.84. The second-order valence-corrected chi connectivity index (χ2v) is 2.64. The topological polar surface area (TPSA) is 78.3 Å². The summed E-state index contributed by atoms with van der Waals surface area (Å²) < 4.78 is 4.54. The number of carbonyl (C=O) groups excluding carboxylic acids is 1. The molecule has 0 saturated heterocycles. The molecule has 1 aromatic rings. The fourth-order valence-corrected chi connectivity index (χ4v) is 0.959. The summed E-state index contributed by atoms with van der Waals surface area (Å²) in [6.45, 7) is -0.508. The standard InChI is InChI=1S/C8H11BN2O2/c1-13-8(12)6-2-4-7(5-3-6)9(10)11/h2-5H,10-11H2,1H3. The Kier molecular flexibility index (Phi) is 3.05. The summed E-state index contributed by atoms with van der Waals surface area (Å²) in [6.07, 6.45) is 0. The van der Waals surface area contributed by atoms with E-state index in [1.807, 2.05) is 0 Å². The molecule has 0 unspecified atom stereocenters. The highest BCUT2D eigenvalue weighted by Crippen LogP contribution is 1.98. The van der Waals surface area contributed by atoms with E-state index < -0.39 is 6.98 Å². The van der Waals surface area contributed by atoms with E-state index in [9.17, 15) is 4.79 Å². The molecular weight excluding hydrogens is 167 g/mol. The number of hydrogen-bond donors (Lipinski definition) is 2. The first-order valence-electron chi connectivity index (χ1n) is 3.84. The predicted octanol–water partition coefficient (Wildman–Crippen LogP) is -0.914. The van der Waals surface area contributed by atoms with Crippen molar-refractivity contribution in [3.05, 3.63) is 29.8 Å². The molecule has 0 aliphatic heterocycles. The third kappa shape index (κ3) is 2.30. The van der Waals surface area contributed by atoms with E-state index in [-0.39, 0.29) is 5.97 Å². The molecule has 13 heavy (non-hydrogen) atoms. The van der Waals surface area contributed by atoms with Crippen LogP contribution in [0.15, 0.2) is 24.3 Å². The van der Waals surface area contributed by atoms with Gasteiger partial charge in [-0.1, -0.05) is 12.1 Å². The van der Waals surface area contributed by atoms with E-state index in [1.54, 1.807) is 24.3 Å². The summed E-state index contributed by atoms with van der Waals surface area (Å²) >= 11 is 0. The molecule has 0 amide bonds. The normalized spacial score (nSPS) is 9.46. The number of methoxy groups -OCH3 is 1. The summed E-state index contributed by atoms with van der Waals surface area (Å²) in [5.74, 6) is -0.364. The minimum Gasteiger partial charge on any atom is -0.465 e. The van der Waals surface area contributed by atoms with Gasteiger partial charge in [-0.05, 0) is 17.6 Å². The quantitative estimate of drug-likeness (QED) is 0.453. The highest BCUT2D eigenvalue weighted by Gasteiger charge is 2.08. The Hall–Kier alpha value is -1.33. The molecule has 0 fully saturated rings. The number of ether oxygens (including phenoxy) is 1. The fraction of sp³-hybridized carbons (Fsp3) is 0.125. The molecule has 0 aliphatic rings. The highest BCUT2D eigenvalue weighted by molar-refractivity contribution is 6.67. The first kappa shape index (κ1) is 9.76. The molecule has 4 N–H and O–H groups in total. The first-order chi connectivity index (χ1) is 6.15. The van der Waals surface area contributed by atoms with E-state index in [0.717, 1.165) is 5.46 Å². The summed E-state index contributed by atoms with van der Waals surface area (Å²) in [4.78, 5) is 11.0. The molecule has 0 aromatic heterocycles. The van der Waals surface area contributed by atoms with Crippen LogP contribution in [0.25, 0.3) is 0 Å². The maximum absolute atomic E-state index is 11.0. The lowest BCUT2D eigenvalue weighted by Crippen LogP contribution is -2.48. The minimum atomic E-state index is -0.508. The molecule has 0 atom stereocenters. The zero-order valence-electron chi connectivity index (χ0n) is 7.36. The van der Waals surface area contributed by atoms with E-state index in [1.165, 1.54) is 7.11 Å². The van der Waals surface area contributed by atoms with E-state index in [0.29, 0.717) is 5.56 Å². The van der Waals surface area contributed by atoms with Crippen LogP contribution in [0.4, 0.5) is 0 Å². The molecule has 4 nitrogen and oxygen atoms in total. The monoisotopic (exact) mass is 178 g/mol. The minimum absolute atomic E-state index is 0.364. The summed E-state index contributed by atoms with van der Waals surface area (Å²) in [6, 6.07) is 6.68. The first-order valence-corrected chi connectivity index (χ1v) is 3.84. The van der Waals surface area contributed by atoms with Gasteiger partial charge in [0.2, 0.25) is 0 Å². The van der Waals surface area contributed by atoms with E-state index >= 15 is 0 Å². The average molecular weight is 178 g/mol. The Labute approximate surface area is 77.0 Å². The number of benzene rings is 1. The van der Waals surface area contributed by atoms with E-state index in [4.69, 9.17) is 11.3 Å². The Balaban J connectivity index is 2.87. The van der Waals surface area contributed by atoms with Crippen LogP contribution in [0.5, 0.6) is 0 Å². The number of esters is 1. The van der Waals surface area contributed by atoms with Crippen molar-refractivity contribution in [2.45, 2.75) is 0 Å². The Morgan fingerprint density at radius 3 is 2.23 bits per heavy atom. The van der Waals surface area contributed by atoms with Crippen LogP contribution in [0.3, 0.4) is 0 Å². The van der Waals surface area contributed by atoms with Gasteiger partial charge in [0.05, 0.1) is 12.7 Å². The molecule has 0 bridgehead atoms. The van der Waals surface area contributed by atoms with Crippen molar-refractivity contribution in [1.82, 2.24) is 0 Å². The van der Waals surface area contributed by atoms with Gasteiger partial charge in [0.25, 0.3) is 0 Å². The largest absolute Gasteiger partial charge is 0.465 e. The molecule has 68 valence electrons. The van der Waals surface area contributed by atoms with Crippen molar-refractivity contribution in [2.75, 3.05) is 7.11 Å². The van der Waals surface area contributed by atoms with Crippen LogP contribution in [-0.2, 0) is 4.74 Å². The summed E-state index contributed by atoms with van der Waals surface area (Å²) in [5.41, 5.74) is 12.1. The van der Waals surface area contributed by atoms with Crippen LogP contribution < -0.4 is 16.8 Å². The SMILES string of the molecule is COC(=O)c1ccc(B(N)N)cc1.